The number of fused-ring (bicyclic) bond motifs is 1. The van der Waals surface area contributed by atoms with Crippen LogP contribution in [-0.4, -0.2) is 61.9 Å². The highest BCUT2D eigenvalue weighted by Crippen LogP contribution is 2.41. The highest BCUT2D eigenvalue weighted by atomic mass is 19.4. The van der Waals surface area contributed by atoms with E-state index in [1.165, 1.54) is 16.9 Å². The summed E-state index contributed by atoms with van der Waals surface area (Å²) in [5.74, 6) is -6.89. The first-order valence-electron chi connectivity index (χ1n) is 13.2. The van der Waals surface area contributed by atoms with Crippen molar-refractivity contribution in [1.82, 2.24) is 35.4 Å². The van der Waals surface area contributed by atoms with Gasteiger partial charge in [-0.05, 0) is 25.2 Å². The Morgan fingerprint density at radius 1 is 1.27 bits per heavy atom. The monoisotopic (exact) mass is 587 g/mol. The van der Waals surface area contributed by atoms with E-state index in [-0.39, 0.29) is 73.4 Å². The minimum atomic E-state index is -4.44. The fourth-order valence-corrected chi connectivity index (χ4v) is 5.42. The SMILES string of the molecule is O=C(NC(c1cn2nc(CC3CC(C(F)(F)F)CNC3=O)cnc2n1)C1CCC(F)(F)CC1)c1conc1CCF. The Morgan fingerprint density at radius 2 is 2.02 bits per heavy atom. The number of halogens is 6. The number of piperidine rings is 1. The number of carbonyl (C=O) groups is 2. The maximum absolute atomic E-state index is 13.9. The molecule has 1 saturated carbocycles. The molecule has 0 bridgehead atoms. The molecule has 2 amide bonds. The van der Waals surface area contributed by atoms with Crippen molar-refractivity contribution in [3.8, 4) is 0 Å². The molecule has 222 valence electrons. The number of aryl methyl sites for hydroxylation is 1. The lowest BCUT2D eigenvalue weighted by Crippen LogP contribution is -2.47. The number of rotatable bonds is 8. The molecule has 1 aliphatic heterocycles. The third-order valence-electron chi connectivity index (χ3n) is 7.69. The van der Waals surface area contributed by atoms with Gasteiger partial charge in [0.25, 0.3) is 11.7 Å². The van der Waals surface area contributed by atoms with Crippen molar-refractivity contribution in [3.63, 3.8) is 0 Å². The summed E-state index contributed by atoms with van der Waals surface area (Å²) >= 11 is 0. The number of hydrogen-bond acceptors (Lipinski definition) is 7. The van der Waals surface area contributed by atoms with Crippen molar-refractivity contribution in [2.24, 2.45) is 17.8 Å². The van der Waals surface area contributed by atoms with E-state index in [1.54, 1.807) is 0 Å². The zero-order chi connectivity index (χ0) is 29.4. The van der Waals surface area contributed by atoms with Crippen LogP contribution >= 0.6 is 0 Å². The fraction of sp³-hybridized carbons (Fsp3) is 0.600. The summed E-state index contributed by atoms with van der Waals surface area (Å²) < 4.78 is 86.5. The smallest absolute Gasteiger partial charge is 0.364 e. The molecule has 1 aliphatic carbocycles. The Labute approximate surface area is 229 Å². The van der Waals surface area contributed by atoms with Gasteiger partial charge in [-0.25, -0.2) is 23.3 Å². The van der Waals surface area contributed by atoms with Gasteiger partial charge in [0, 0.05) is 38.1 Å². The van der Waals surface area contributed by atoms with E-state index in [9.17, 15) is 35.9 Å². The molecule has 2 N–H and O–H groups in total. The first kappa shape index (κ1) is 28.8. The number of aromatic nitrogens is 5. The van der Waals surface area contributed by atoms with Gasteiger partial charge in [0.1, 0.15) is 11.8 Å². The molecule has 0 radical (unpaired) electrons. The summed E-state index contributed by atoms with van der Waals surface area (Å²) in [6, 6.07) is -0.838. The third kappa shape index (κ3) is 6.45. The Bertz CT molecular complexity index is 1400. The summed E-state index contributed by atoms with van der Waals surface area (Å²) in [4.78, 5) is 34.0. The molecular formula is C25H27F6N7O3. The Hall–Kier alpha value is -3.72. The van der Waals surface area contributed by atoms with Crippen molar-refractivity contribution in [1.29, 1.82) is 0 Å². The number of amides is 2. The molecule has 2 fully saturated rings. The summed E-state index contributed by atoms with van der Waals surface area (Å²) in [7, 11) is 0. The van der Waals surface area contributed by atoms with E-state index in [4.69, 9.17) is 4.52 Å². The summed E-state index contributed by atoms with van der Waals surface area (Å²) in [5, 5.41) is 13.1. The molecule has 41 heavy (non-hydrogen) atoms. The minimum absolute atomic E-state index is 0.0130. The van der Waals surface area contributed by atoms with Crippen LogP contribution in [0.1, 0.15) is 65.6 Å². The predicted octanol–water partition coefficient (Wildman–Crippen LogP) is 3.78. The first-order valence-corrected chi connectivity index (χ1v) is 13.2. The number of nitrogens with zero attached hydrogens (tertiary/aromatic N) is 5. The minimum Gasteiger partial charge on any atom is -0.364 e. The van der Waals surface area contributed by atoms with E-state index in [0.717, 1.165) is 6.26 Å². The zero-order valence-electron chi connectivity index (χ0n) is 21.6. The van der Waals surface area contributed by atoms with E-state index in [0.29, 0.717) is 0 Å². The molecule has 1 saturated heterocycles. The third-order valence-corrected chi connectivity index (χ3v) is 7.69. The molecule has 10 nitrogen and oxygen atoms in total. The Balaban J connectivity index is 1.39. The summed E-state index contributed by atoms with van der Waals surface area (Å²) in [6.07, 6.45) is -1.76. The van der Waals surface area contributed by atoms with Crippen molar-refractivity contribution in [3.05, 3.63) is 41.3 Å². The number of nitrogens with one attached hydrogen (secondary N) is 2. The lowest BCUT2D eigenvalue weighted by atomic mass is 9.81. The second kappa shape index (κ2) is 11.3. The topological polar surface area (TPSA) is 127 Å². The van der Waals surface area contributed by atoms with Crippen LogP contribution in [0.3, 0.4) is 0 Å². The Kier molecular flexibility index (Phi) is 7.92. The molecule has 5 rings (SSSR count). The van der Waals surface area contributed by atoms with E-state index < -0.39 is 60.9 Å². The van der Waals surface area contributed by atoms with E-state index in [2.05, 4.69) is 30.9 Å². The van der Waals surface area contributed by atoms with E-state index in [1.807, 2.05) is 0 Å². The van der Waals surface area contributed by atoms with Crippen molar-refractivity contribution in [2.75, 3.05) is 13.2 Å². The van der Waals surface area contributed by atoms with Crippen LogP contribution in [0.2, 0.25) is 0 Å². The molecule has 4 heterocycles. The lowest BCUT2D eigenvalue weighted by molar-refractivity contribution is -0.183. The maximum atomic E-state index is 13.9. The number of alkyl halides is 6. The summed E-state index contributed by atoms with van der Waals surface area (Å²) in [5.41, 5.74) is 0.657. The molecule has 3 aromatic heterocycles. The van der Waals surface area contributed by atoms with Gasteiger partial charge in [0.15, 0.2) is 0 Å². The number of carbonyl (C=O) groups excluding carboxylic acids is 2. The molecule has 0 spiro atoms. The second-order valence-corrected chi connectivity index (χ2v) is 10.5. The highest BCUT2D eigenvalue weighted by molar-refractivity contribution is 5.95. The van der Waals surface area contributed by atoms with Gasteiger partial charge in [0.2, 0.25) is 11.8 Å². The van der Waals surface area contributed by atoms with Crippen LogP contribution in [0.4, 0.5) is 26.3 Å². The van der Waals surface area contributed by atoms with Crippen LogP contribution in [0, 0.1) is 17.8 Å². The van der Waals surface area contributed by atoms with Crippen molar-refractivity contribution < 1.29 is 40.5 Å². The van der Waals surface area contributed by atoms with Gasteiger partial charge in [-0.15, -0.1) is 0 Å². The normalized spacial score (nSPS) is 22.4. The number of hydrogen-bond donors (Lipinski definition) is 2. The van der Waals surface area contributed by atoms with Crippen LogP contribution < -0.4 is 10.6 Å². The molecule has 16 heteroatoms. The molecule has 3 aromatic rings. The second-order valence-electron chi connectivity index (χ2n) is 10.5. The average molecular weight is 588 g/mol. The number of imidazole rings is 1. The van der Waals surface area contributed by atoms with Crippen LogP contribution in [0.25, 0.3) is 5.78 Å². The van der Waals surface area contributed by atoms with Gasteiger partial charge in [-0.1, -0.05) is 5.16 Å². The van der Waals surface area contributed by atoms with Crippen LogP contribution in [0.15, 0.2) is 23.2 Å². The van der Waals surface area contributed by atoms with Crippen LogP contribution in [0.5, 0.6) is 0 Å². The highest BCUT2D eigenvalue weighted by Gasteiger charge is 2.45. The first-order chi connectivity index (χ1) is 19.4. The maximum Gasteiger partial charge on any atom is 0.393 e. The molecule has 3 unspecified atom stereocenters. The van der Waals surface area contributed by atoms with Crippen molar-refractivity contribution >= 4 is 17.6 Å². The predicted molar refractivity (Wildman–Crippen MR) is 128 cm³/mol. The molecule has 2 aliphatic rings. The Morgan fingerprint density at radius 3 is 2.73 bits per heavy atom. The lowest BCUT2D eigenvalue weighted by Gasteiger charge is -2.33. The zero-order valence-corrected chi connectivity index (χ0v) is 21.6. The summed E-state index contributed by atoms with van der Waals surface area (Å²) in [6.45, 7) is -1.24. The van der Waals surface area contributed by atoms with Gasteiger partial charge in [0.05, 0.1) is 48.1 Å². The standard InChI is InChI=1S/C25H27F6N7O3/c26-6-3-18-17(12-41-37-18)22(40)35-20(13-1-4-24(27,28)5-2-13)19-11-38-23(34-19)33-10-16(36-38)8-14-7-15(25(29,30)31)9-32-21(14)39/h10-15,20H,1-9H2,(H,32,39)(H,35,40). The quantitative estimate of drug-likeness (QED) is 0.384. The molecular weight excluding hydrogens is 560 g/mol. The van der Waals surface area contributed by atoms with E-state index >= 15 is 0 Å². The van der Waals surface area contributed by atoms with Crippen LogP contribution in [-0.2, 0) is 17.6 Å². The van der Waals surface area contributed by atoms with Crippen molar-refractivity contribution in [2.45, 2.75) is 63.1 Å². The van der Waals surface area contributed by atoms with Gasteiger partial charge >= 0.3 is 6.18 Å². The average Bonchev–Trinajstić information content (AvgIpc) is 3.55. The van der Waals surface area contributed by atoms with Gasteiger partial charge in [-0.2, -0.15) is 18.3 Å². The largest absolute Gasteiger partial charge is 0.393 e. The fourth-order valence-electron chi connectivity index (χ4n) is 5.42. The molecule has 3 atom stereocenters. The van der Waals surface area contributed by atoms with Gasteiger partial charge < -0.3 is 15.2 Å². The van der Waals surface area contributed by atoms with Gasteiger partial charge in [-0.3, -0.25) is 14.0 Å². The molecule has 0 aromatic carbocycles.